The molecule has 2 rings (SSSR count). The molecule has 1 heterocycles. The Balaban J connectivity index is 2.41. The fourth-order valence-electron chi connectivity index (χ4n) is 2.81. The predicted octanol–water partition coefficient (Wildman–Crippen LogP) is 2.03. The Kier molecular flexibility index (Phi) is 4.74. The van der Waals surface area contributed by atoms with Crippen LogP contribution in [0.5, 0.6) is 0 Å². The van der Waals surface area contributed by atoms with Crippen molar-refractivity contribution in [2.75, 3.05) is 18.1 Å². The van der Waals surface area contributed by atoms with Crippen LogP contribution in [0.2, 0.25) is 0 Å². The summed E-state index contributed by atoms with van der Waals surface area (Å²) in [7, 11) is 0. The molecular weight excluding hydrogens is 276 g/mol. The summed E-state index contributed by atoms with van der Waals surface area (Å²) >= 11 is 0. The molecule has 0 saturated carbocycles. The average molecular weight is 294 g/mol. The first-order chi connectivity index (χ1) is 10.0. The molecule has 1 fully saturated rings. The summed E-state index contributed by atoms with van der Waals surface area (Å²) < 4.78 is 0. The fourth-order valence-corrected chi connectivity index (χ4v) is 2.81. The summed E-state index contributed by atoms with van der Waals surface area (Å²) in [5, 5.41) is 29.3. The van der Waals surface area contributed by atoms with Crippen molar-refractivity contribution < 1.29 is 19.9 Å². The molecule has 1 aliphatic rings. The fraction of sp³-hybridized carbons (Fsp3) is 0.500. The zero-order valence-electron chi connectivity index (χ0n) is 11.6. The maximum absolute atomic E-state index is 11.2. The lowest BCUT2D eigenvalue weighted by atomic mass is 9.98. The summed E-state index contributed by atoms with van der Waals surface area (Å²) in [5.41, 5.74) is 0.143. The third kappa shape index (κ3) is 3.30. The minimum Gasteiger partial charge on any atom is -0.478 e. The van der Waals surface area contributed by atoms with E-state index in [0.29, 0.717) is 18.7 Å². The molecule has 1 saturated heterocycles. The first kappa shape index (κ1) is 15.2. The van der Waals surface area contributed by atoms with Crippen LogP contribution in [0.25, 0.3) is 0 Å². The number of nitro benzene ring substituents is 1. The molecule has 0 radical (unpaired) electrons. The van der Waals surface area contributed by atoms with E-state index in [0.717, 1.165) is 25.3 Å². The quantitative estimate of drug-likeness (QED) is 0.636. The van der Waals surface area contributed by atoms with Gasteiger partial charge < -0.3 is 15.1 Å². The molecule has 0 spiro atoms. The van der Waals surface area contributed by atoms with Gasteiger partial charge in [0, 0.05) is 25.3 Å². The van der Waals surface area contributed by atoms with Gasteiger partial charge in [0.25, 0.3) is 5.69 Å². The van der Waals surface area contributed by atoms with E-state index in [2.05, 4.69) is 0 Å². The van der Waals surface area contributed by atoms with Crippen molar-refractivity contribution in [3.05, 3.63) is 33.9 Å². The highest BCUT2D eigenvalue weighted by Crippen LogP contribution is 2.34. The highest BCUT2D eigenvalue weighted by atomic mass is 16.6. The van der Waals surface area contributed by atoms with E-state index in [1.54, 1.807) is 0 Å². The summed E-state index contributed by atoms with van der Waals surface area (Å²) in [4.78, 5) is 23.6. The second-order valence-corrected chi connectivity index (χ2v) is 5.12. The molecule has 1 atom stereocenters. The van der Waals surface area contributed by atoms with E-state index in [-0.39, 0.29) is 23.9 Å². The SMILES string of the molecule is O=C(O)c1ccc(N2CCCCC2CCO)c([N+](=O)[O-])c1. The molecule has 1 aromatic rings. The number of carbonyl (C=O) groups is 1. The van der Waals surface area contributed by atoms with Crippen LogP contribution in [0.15, 0.2) is 18.2 Å². The molecule has 0 amide bonds. The van der Waals surface area contributed by atoms with Gasteiger partial charge >= 0.3 is 5.97 Å². The van der Waals surface area contributed by atoms with E-state index >= 15 is 0 Å². The van der Waals surface area contributed by atoms with Crippen LogP contribution >= 0.6 is 0 Å². The number of carboxylic acid groups (broad SMARTS) is 1. The summed E-state index contributed by atoms with van der Waals surface area (Å²) in [6, 6.07) is 4.03. The van der Waals surface area contributed by atoms with Gasteiger partial charge in [0.15, 0.2) is 0 Å². The van der Waals surface area contributed by atoms with Gasteiger partial charge in [-0.3, -0.25) is 10.1 Å². The lowest BCUT2D eigenvalue weighted by Crippen LogP contribution is -2.40. The normalized spacial score (nSPS) is 18.5. The van der Waals surface area contributed by atoms with Gasteiger partial charge in [-0.1, -0.05) is 0 Å². The van der Waals surface area contributed by atoms with Crippen molar-refractivity contribution in [1.29, 1.82) is 0 Å². The molecule has 114 valence electrons. The van der Waals surface area contributed by atoms with Crippen molar-refractivity contribution in [3.8, 4) is 0 Å². The Bertz CT molecular complexity index is 544. The number of rotatable bonds is 5. The minimum atomic E-state index is -1.18. The van der Waals surface area contributed by atoms with Crippen molar-refractivity contribution in [3.63, 3.8) is 0 Å². The third-order valence-corrected chi connectivity index (χ3v) is 3.82. The van der Waals surface area contributed by atoms with Crippen LogP contribution in [0.1, 0.15) is 36.0 Å². The minimum absolute atomic E-state index is 0.0299. The van der Waals surface area contributed by atoms with Crippen molar-refractivity contribution in [2.45, 2.75) is 31.7 Å². The van der Waals surface area contributed by atoms with E-state index in [4.69, 9.17) is 10.2 Å². The number of nitro groups is 1. The first-order valence-electron chi connectivity index (χ1n) is 6.94. The van der Waals surface area contributed by atoms with Crippen molar-refractivity contribution in [1.82, 2.24) is 0 Å². The second-order valence-electron chi connectivity index (χ2n) is 5.12. The molecule has 0 aromatic heterocycles. The number of nitrogens with zero attached hydrogens (tertiary/aromatic N) is 2. The number of benzene rings is 1. The maximum Gasteiger partial charge on any atom is 0.335 e. The number of aliphatic hydroxyl groups is 1. The zero-order chi connectivity index (χ0) is 15.4. The van der Waals surface area contributed by atoms with Gasteiger partial charge in [0.05, 0.1) is 10.5 Å². The number of hydrogen-bond donors (Lipinski definition) is 2. The van der Waals surface area contributed by atoms with E-state index in [1.165, 1.54) is 12.1 Å². The molecule has 7 nitrogen and oxygen atoms in total. The summed E-state index contributed by atoms with van der Waals surface area (Å²) in [5.74, 6) is -1.18. The molecule has 1 aromatic carbocycles. The highest BCUT2D eigenvalue weighted by Gasteiger charge is 2.28. The second kappa shape index (κ2) is 6.53. The number of aromatic carboxylic acids is 1. The number of hydrogen-bond acceptors (Lipinski definition) is 5. The predicted molar refractivity (Wildman–Crippen MR) is 76.7 cm³/mol. The first-order valence-corrected chi connectivity index (χ1v) is 6.94. The van der Waals surface area contributed by atoms with E-state index in [1.807, 2.05) is 4.90 Å². The highest BCUT2D eigenvalue weighted by molar-refractivity contribution is 5.89. The number of aliphatic hydroxyl groups excluding tert-OH is 1. The molecule has 0 aliphatic carbocycles. The largest absolute Gasteiger partial charge is 0.478 e. The van der Waals surface area contributed by atoms with Crippen LogP contribution in [0, 0.1) is 10.1 Å². The third-order valence-electron chi connectivity index (χ3n) is 3.82. The standard InChI is InChI=1S/C14H18N2O5/c17-8-6-11-3-1-2-7-15(11)12-5-4-10(14(18)19)9-13(12)16(20)21/h4-5,9,11,17H,1-3,6-8H2,(H,18,19). The molecule has 21 heavy (non-hydrogen) atoms. The molecule has 7 heteroatoms. The zero-order valence-corrected chi connectivity index (χ0v) is 11.6. The van der Waals surface area contributed by atoms with Gasteiger partial charge in [-0.25, -0.2) is 4.79 Å². The van der Waals surface area contributed by atoms with Gasteiger partial charge in [0.1, 0.15) is 5.69 Å². The van der Waals surface area contributed by atoms with Crippen LogP contribution in [-0.4, -0.2) is 40.3 Å². The molecule has 2 N–H and O–H groups in total. The monoisotopic (exact) mass is 294 g/mol. The Hall–Kier alpha value is -2.15. The van der Waals surface area contributed by atoms with Crippen molar-refractivity contribution in [2.24, 2.45) is 0 Å². The summed E-state index contributed by atoms with van der Waals surface area (Å²) in [6.07, 6.45) is 3.39. The summed E-state index contributed by atoms with van der Waals surface area (Å²) in [6.45, 7) is 0.708. The smallest absolute Gasteiger partial charge is 0.335 e. The maximum atomic E-state index is 11.2. The van der Waals surface area contributed by atoms with Gasteiger partial charge in [0.2, 0.25) is 0 Å². The van der Waals surface area contributed by atoms with Crippen LogP contribution in [0.4, 0.5) is 11.4 Å². The Morgan fingerprint density at radius 2 is 2.19 bits per heavy atom. The lowest BCUT2D eigenvalue weighted by molar-refractivity contribution is -0.384. The number of anilines is 1. The Labute approximate surface area is 122 Å². The van der Waals surface area contributed by atoms with Crippen LogP contribution in [-0.2, 0) is 0 Å². The number of piperidine rings is 1. The van der Waals surface area contributed by atoms with Gasteiger partial charge in [-0.15, -0.1) is 0 Å². The molecule has 1 unspecified atom stereocenters. The van der Waals surface area contributed by atoms with Crippen LogP contribution < -0.4 is 4.90 Å². The topological polar surface area (TPSA) is 104 Å². The van der Waals surface area contributed by atoms with Crippen LogP contribution in [0.3, 0.4) is 0 Å². The van der Waals surface area contributed by atoms with Crippen molar-refractivity contribution >= 4 is 17.3 Å². The molecule has 0 bridgehead atoms. The van der Waals surface area contributed by atoms with E-state index in [9.17, 15) is 14.9 Å². The lowest BCUT2D eigenvalue weighted by Gasteiger charge is -2.37. The Morgan fingerprint density at radius 1 is 1.43 bits per heavy atom. The van der Waals surface area contributed by atoms with E-state index < -0.39 is 10.9 Å². The average Bonchev–Trinajstić information content (AvgIpc) is 2.47. The Morgan fingerprint density at radius 3 is 2.81 bits per heavy atom. The molecule has 1 aliphatic heterocycles. The molecular formula is C14H18N2O5. The van der Waals surface area contributed by atoms with Gasteiger partial charge in [-0.05, 0) is 37.8 Å². The van der Waals surface area contributed by atoms with Gasteiger partial charge in [-0.2, -0.15) is 0 Å². The number of carboxylic acids is 1.